The van der Waals surface area contributed by atoms with Crippen LogP contribution in [0.4, 0.5) is 0 Å². The number of likely N-dealkylation sites (tertiary alicyclic amines) is 1. The quantitative estimate of drug-likeness (QED) is 0.775. The lowest BCUT2D eigenvalue weighted by atomic mass is 9.85. The summed E-state index contributed by atoms with van der Waals surface area (Å²) in [5.74, 6) is 0.761. The van der Waals surface area contributed by atoms with Crippen molar-refractivity contribution in [3.05, 3.63) is 0 Å². The SMILES string of the molecule is CNC1CCC(C(=O)N2CCCCC2)CC1. The van der Waals surface area contributed by atoms with E-state index < -0.39 is 0 Å². The number of hydrogen-bond acceptors (Lipinski definition) is 2. The first-order valence-corrected chi connectivity index (χ1v) is 6.77. The number of carbonyl (C=O) groups excluding carboxylic acids is 1. The van der Waals surface area contributed by atoms with Crippen LogP contribution in [0.15, 0.2) is 0 Å². The van der Waals surface area contributed by atoms with Gasteiger partial charge in [0.1, 0.15) is 0 Å². The zero-order chi connectivity index (χ0) is 11.4. The van der Waals surface area contributed by atoms with E-state index in [1.807, 2.05) is 7.05 Å². The molecule has 1 saturated heterocycles. The highest BCUT2D eigenvalue weighted by atomic mass is 16.2. The fraction of sp³-hybridized carbons (Fsp3) is 0.923. The smallest absolute Gasteiger partial charge is 0.225 e. The van der Waals surface area contributed by atoms with Crippen LogP contribution in [0, 0.1) is 5.92 Å². The number of amides is 1. The van der Waals surface area contributed by atoms with Crippen molar-refractivity contribution < 1.29 is 4.79 Å². The highest BCUT2D eigenvalue weighted by Crippen LogP contribution is 2.26. The minimum Gasteiger partial charge on any atom is -0.342 e. The van der Waals surface area contributed by atoms with E-state index in [-0.39, 0.29) is 0 Å². The highest BCUT2D eigenvalue weighted by Gasteiger charge is 2.29. The molecule has 2 fully saturated rings. The third-order valence-corrected chi connectivity index (χ3v) is 4.15. The summed E-state index contributed by atoms with van der Waals surface area (Å²) in [6, 6.07) is 0.644. The maximum atomic E-state index is 12.3. The van der Waals surface area contributed by atoms with Crippen molar-refractivity contribution in [1.29, 1.82) is 0 Å². The second-order valence-corrected chi connectivity index (χ2v) is 5.22. The molecule has 0 spiro atoms. The van der Waals surface area contributed by atoms with Crippen molar-refractivity contribution >= 4 is 5.91 Å². The summed E-state index contributed by atoms with van der Waals surface area (Å²) in [5.41, 5.74) is 0. The van der Waals surface area contributed by atoms with Gasteiger partial charge in [0.25, 0.3) is 0 Å². The first kappa shape index (κ1) is 11.9. The lowest BCUT2D eigenvalue weighted by Crippen LogP contribution is -2.42. The van der Waals surface area contributed by atoms with Gasteiger partial charge in [0.2, 0.25) is 5.91 Å². The molecule has 1 heterocycles. The van der Waals surface area contributed by atoms with Gasteiger partial charge in [-0.15, -0.1) is 0 Å². The van der Waals surface area contributed by atoms with Gasteiger partial charge in [0.15, 0.2) is 0 Å². The molecular weight excluding hydrogens is 200 g/mol. The van der Waals surface area contributed by atoms with E-state index in [1.54, 1.807) is 0 Å². The van der Waals surface area contributed by atoms with Gasteiger partial charge in [0.05, 0.1) is 0 Å². The lowest BCUT2D eigenvalue weighted by molar-refractivity contribution is -0.137. The molecule has 0 aromatic heterocycles. The molecule has 0 bridgehead atoms. The van der Waals surface area contributed by atoms with Crippen LogP contribution in [0.25, 0.3) is 0 Å². The van der Waals surface area contributed by atoms with Crippen LogP contribution in [-0.2, 0) is 4.79 Å². The zero-order valence-corrected chi connectivity index (χ0v) is 10.4. The molecule has 1 aliphatic carbocycles. The van der Waals surface area contributed by atoms with Gasteiger partial charge in [-0.25, -0.2) is 0 Å². The summed E-state index contributed by atoms with van der Waals surface area (Å²) in [4.78, 5) is 14.4. The Morgan fingerprint density at radius 3 is 2.25 bits per heavy atom. The van der Waals surface area contributed by atoms with Crippen LogP contribution in [0.5, 0.6) is 0 Å². The van der Waals surface area contributed by atoms with Crippen molar-refractivity contribution in [2.75, 3.05) is 20.1 Å². The van der Waals surface area contributed by atoms with Gasteiger partial charge in [0, 0.05) is 25.0 Å². The molecule has 0 unspecified atom stereocenters. The largest absolute Gasteiger partial charge is 0.342 e. The van der Waals surface area contributed by atoms with Crippen LogP contribution in [-0.4, -0.2) is 37.0 Å². The molecular formula is C13H24N2O. The van der Waals surface area contributed by atoms with E-state index in [0.717, 1.165) is 25.9 Å². The van der Waals surface area contributed by atoms with Crippen LogP contribution >= 0.6 is 0 Å². The van der Waals surface area contributed by atoms with E-state index in [9.17, 15) is 4.79 Å². The van der Waals surface area contributed by atoms with Crippen LogP contribution in [0.2, 0.25) is 0 Å². The first-order valence-electron chi connectivity index (χ1n) is 6.77. The van der Waals surface area contributed by atoms with Crippen molar-refractivity contribution in [3.63, 3.8) is 0 Å². The van der Waals surface area contributed by atoms with Crippen molar-refractivity contribution in [2.45, 2.75) is 51.0 Å². The molecule has 3 nitrogen and oxygen atoms in total. The van der Waals surface area contributed by atoms with Gasteiger partial charge in [-0.3, -0.25) is 4.79 Å². The van der Waals surface area contributed by atoms with E-state index in [2.05, 4.69) is 10.2 Å². The molecule has 2 rings (SSSR count). The van der Waals surface area contributed by atoms with E-state index in [4.69, 9.17) is 0 Å². The molecule has 0 atom stereocenters. The summed E-state index contributed by atoms with van der Waals surface area (Å²) >= 11 is 0. The fourth-order valence-corrected chi connectivity index (χ4v) is 3.00. The summed E-state index contributed by atoms with van der Waals surface area (Å²) in [7, 11) is 2.03. The summed E-state index contributed by atoms with van der Waals surface area (Å²) < 4.78 is 0. The highest BCUT2D eigenvalue weighted by molar-refractivity contribution is 5.79. The topological polar surface area (TPSA) is 32.3 Å². The Labute approximate surface area is 98.6 Å². The van der Waals surface area contributed by atoms with Crippen LogP contribution in [0.1, 0.15) is 44.9 Å². The maximum Gasteiger partial charge on any atom is 0.225 e. The van der Waals surface area contributed by atoms with Crippen molar-refractivity contribution in [2.24, 2.45) is 5.92 Å². The Hall–Kier alpha value is -0.570. The van der Waals surface area contributed by atoms with Gasteiger partial charge in [-0.05, 0) is 52.0 Å². The minimum absolute atomic E-state index is 0.322. The summed E-state index contributed by atoms with van der Waals surface area (Å²) in [5, 5.41) is 3.32. The monoisotopic (exact) mass is 224 g/mol. The van der Waals surface area contributed by atoms with Gasteiger partial charge in [-0.1, -0.05) is 0 Å². The molecule has 92 valence electrons. The van der Waals surface area contributed by atoms with Crippen LogP contribution < -0.4 is 5.32 Å². The maximum absolute atomic E-state index is 12.3. The predicted octanol–water partition coefficient (Wildman–Crippen LogP) is 1.78. The molecule has 16 heavy (non-hydrogen) atoms. The fourth-order valence-electron chi connectivity index (χ4n) is 3.00. The Balaban J connectivity index is 1.81. The summed E-state index contributed by atoms with van der Waals surface area (Å²) in [6.07, 6.45) is 8.22. The van der Waals surface area contributed by atoms with Crippen molar-refractivity contribution in [1.82, 2.24) is 10.2 Å². The van der Waals surface area contributed by atoms with Crippen LogP contribution in [0.3, 0.4) is 0 Å². The first-order chi connectivity index (χ1) is 7.81. The third kappa shape index (κ3) is 2.76. The predicted molar refractivity (Wildman–Crippen MR) is 65.2 cm³/mol. The molecule has 0 aromatic carbocycles. The minimum atomic E-state index is 0.322. The second kappa shape index (κ2) is 5.67. The number of hydrogen-bond donors (Lipinski definition) is 1. The molecule has 1 N–H and O–H groups in total. The number of rotatable bonds is 2. The van der Waals surface area contributed by atoms with E-state index in [1.165, 1.54) is 32.1 Å². The molecule has 1 amide bonds. The molecule has 2 aliphatic rings. The lowest BCUT2D eigenvalue weighted by Gasteiger charge is -2.33. The average molecular weight is 224 g/mol. The molecule has 1 saturated carbocycles. The van der Waals surface area contributed by atoms with Crippen molar-refractivity contribution in [3.8, 4) is 0 Å². The summed E-state index contributed by atoms with van der Waals surface area (Å²) in [6.45, 7) is 2.01. The Morgan fingerprint density at radius 2 is 1.69 bits per heavy atom. The molecule has 1 aliphatic heterocycles. The van der Waals surface area contributed by atoms with Gasteiger partial charge < -0.3 is 10.2 Å². The van der Waals surface area contributed by atoms with E-state index >= 15 is 0 Å². The number of nitrogens with zero attached hydrogens (tertiary/aromatic N) is 1. The second-order valence-electron chi connectivity index (χ2n) is 5.22. The van der Waals surface area contributed by atoms with Gasteiger partial charge in [-0.2, -0.15) is 0 Å². The number of nitrogens with one attached hydrogen (secondary N) is 1. The Bertz CT molecular complexity index is 228. The normalized spacial score (nSPS) is 31.4. The molecule has 3 heteroatoms. The average Bonchev–Trinajstić information content (AvgIpc) is 2.39. The zero-order valence-electron chi connectivity index (χ0n) is 10.4. The Kier molecular flexibility index (Phi) is 4.22. The van der Waals surface area contributed by atoms with Gasteiger partial charge >= 0.3 is 0 Å². The Morgan fingerprint density at radius 1 is 1.06 bits per heavy atom. The van der Waals surface area contributed by atoms with E-state index in [0.29, 0.717) is 17.9 Å². The molecule has 0 radical (unpaired) electrons. The number of piperidine rings is 1. The standard InChI is InChI=1S/C13H24N2O/c1-14-12-7-5-11(6-8-12)13(16)15-9-3-2-4-10-15/h11-12,14H,2-10H2,1H3. The molecule has 0 aromatic rings. The third-order valence-electron chi connectivity index (χ3n) is 4.15. The number of carbonyl (C=O) groups is 1.